The largest absolute Gasteiger partial charge is 0.330 e. The van der Waals surface area contributed by atoms with Gasteiger partial charge >= 0.3 is 0 Å². The molecular formula is C11H22N2. The third-order valence-corrected chi connectivity index (χ3v) is 3.69. The van der Waals surface area contributed by atoms with E-state index in [4.69, 9.17) is 5.73 Å². The van der Waals surface area contributed by atoms with Crippen LogP contribution in [-0.4, -0.2) is 31.1 Å². The van der Waals surface area contributed by atoms with Gasteiger partial charge in [-0.25, -0.2) is 0 Å². The summed E-state index contributed by atoms with van der Waals surface area (Å²) < 4.78 is 0. The van der Waals surface area contributed by atoms with E-state index < -0.39 is 0 Å². The van der Waals surface area contributed by atoms with Crippen LogP contribution in [0.3, 0.4) is 0 Å². The van der Waals surface area contributed by atoms with Gasteiger partial charge in [-0.1, -0.05) is 6.42 Å². The molecule has 76 valence electrons. The molecule has 2 heteroatoms. The number of nitrogens with two attached hydrogens (primary N) is 1. The van der Waals surface area contributed by atoms with Gasteiger partial charge in [-0.05, 0) is 50.6 Å². The third kappa shape index (κ3) is 2.44. The standard InChI is InChI=1S/C11H22N2/c12-6-4-11-5-7-13(9-11)8-10-2-1-3-10/h10-11H,1-9,12H2. The summed E-state index contributed by atoms with van der Waals surface area (Å²) in [5.74, 6) is 1.95. The molecule has 13 heavy (non-hydrogen) atoms. The summed E-state index contributed by atoms with van der Waals surface area (Å²) >= 11 is 0. The minimum atomic E-state index is 0.877. The highest BCUT2D eigenvalue weighted by Gasteiger charge is 2.26. The van der Waals surface area contributed by atoms with Crippen molar-refractivity contribution in [2.75, 3.05) is 26.2 Å². The van der Waals surface area contributed by atoms with Gasteiger partial charge in [0.1, 0.15) is 0 Å². The predicted molar refractivity (Wildman–Crippen MR) is 55.6 cm³/mol. The van der Waals surface area contributed by atoms with Gasteiger partial charge in [0.15, 0.2) is 0 Å². The predicted octanol–water partition coefficient (Wildman–Crippen LogP) is 1.46. The van der Waals surface area contributed by atoms with E-state index in [9.17, 15) is 0 Å². The van der Waals surface area contributed by atoms with Crippen molar-refractivity contribution in [1.82, 2.24) is 4.90 Å². The highest BCUT2D eigenvalue weighted by atomic mass is 15.1. The Balaban J connectivity index is 1.65. The molecule has 1 heterocycles. The normalized spacial score (nSPS) is 30.7. The van der Waals surface area contributed by atoms with E-state index in [1.54, 1.807) is 0 Å². The van der Waals surface area contributed by atoms with Crippen LogP contribution in [0.1, 0.15) is 32.1 Å². The van der Waals surface area contributed by atoms with E-state index in [1.807, 2.05) is 0 Å². The fourth-order valence-electron chi connectivity index (χ4n) is 2.59. The zero-order chi connectivity index (χ0) is 9.10. The molecule has 2 fully saturated rings. The van der Waals surface area contributed by atoms with Crippen molar-refractivity contribution >= 4 is 0 Å². The Morgan fingerprint density at radius 1 is 1.15 bits per heavy atom. The van der Waals surface area contributed by atoms with Crippen LogP contribution < -0.4 is 5.73 Å². The van der Waals surface area contributed by atoms with E-state index in [1.165, 1.54) is 51.7 Å². The maximum absolute atomic E-state index is 5.57. The SMILES string of the molecule is NCCC1CCN(CC2CCC2)C1. The number of hydrogen-bond donors (Lipinski definition) is 1. The lowest BCUT2D eigenvalue weighted by Crippen LogP contribution is -2.31. The van der Waals surface area contributed by atoms with E-state index in [-0.39, 0.29) is 0 Å². The van der Waals surface area contributed by atoms with Crippen LogP contribution in [0.5, 0.6) is 0 Å². The van der Waals surface area contributed by atoms with E-state index in [0.29, 0.717) is 0 Å². The highest BCUT2D eigenvalue weighted by molar-refractivity contribution is 4.80. The number of rotatable bonds is 4. The molecule has 0 radical (unpaired) electrons. The maximum Gasteiger partial charge on any atom is 0.00107 e. The molecule has 2 rings (SSSR count). The molecule has 0 spiro atoms. The molecule has 2 aliphatic rings. The summed E-state index contributed by atoms with van der Waals surface area (Å²) in [6, 6.07) is 0. The third-order valence-electron chi connectivity index (χ3n) is 3.69. The lowest BCUT2D eigenvalue weighted by atomic mass is 9.85. The summed E-state index contributed by atoms with van der Waals surface area (Å²) in [5, 5.41) is 0. The van der Waals surface area contributed by atoms with Crippen molar-refractivity contribution < 1.29 is 0 Å². The Hall–Kier alpha value is -0.0800. The lowest BCUT2D eigenvalue weighted by Gasteiger charge is -2.30. The van der Waals surface area contributed by atoms with Gasteiger partial charge in [-0.3, -0.25) is 0 Å². The summed E-state index contributed by atoms with van der Waals surface area (Å²) in [6.07, 6.45) is 7.08. The molecule has 2 N–H and O–H groups in total. The average Bonchev–Trinajstić information content (AvgIpc) is 2.46. The Bertz CT molecular complexity index is 154. The zero-order valence-corrected chi connectivity index (χ0v) is 8.54. The molecule has 1 atom stereocenters. The van der Waals surface area contributed by atoms with E-state index in [2.05, 4.69) is 4.90 Å². The van der Waals surface area contributed by atoms with Gasteiger partial charge in [-0.2, -0.15) is 0 Å². The molecule has 0 aromatic heterocycles. The number of hydrogen-bond acceptors (Lipinski definition) is 2. The van der Waals surface area contributed by atoms with Crippen molar-refractivity contribution in [3.8, 4) is 0 Å². The minimum absolute atomic E-state index is 0.877. The molecular weight excluding hydrogens is 160 g/mol. The minimum Gasteiger partial charge on any atom is -0.330 e. The van der Waals surface area contributed by atoms with Crippen LogP contribution in [0.25, 0.3) is 0 Å². The van der Waals surface area contributed by atoms with Crippen molar-refractivity contribution in [2.45, 2.75) is 32.1 Å². The first kappa shape index (κ1) is 9.47. The Kier molecular flexibility index (Phi) is 3.23. The van der Waals surface area contributed by atoms with Crippen LogP contribution in [0.2, 0.25) is 0 Å². The molecule has 1 unspecified atom stereocenters. The molecule has 0 aromatic carbocycles. The molecule has 0 aromatic rings. The molecule has 1 saturated carbocycles. The summed E-state index contributed by atoms with van der Waals surface area (Å²) in [7, 11) is 0. The Labute approximate surface area is 81.5 Å². The second-order valence-electron chi connectivity index (χ2n) is 4.79. The quantitative estimate of drug-likeness (QED) is 0.713. The van der Waals surface area contributed by atoms with Crippen LogP contribution in [0.4, 0.5) is 0 Å². The molecule has 0 bridgehead atoms. The first-order valence-corrected chi connectivity index (χ1v) is 5.81. The fraction of sp³-hybridized carbons (Fsp3) is 1.00. The lowest BCUT2D eigenvalue weighted by molar-refractivity contribution is 0.200. The fourth-order valence-corrected chi connectivity index (χ4v) is 2.59. The van der Waals surface area contributed by atoms with Crippen molar-refractivity contribution in [3.05, 3.63) is 0 Å². The molecule has 2 nitrogen and oxygen atoms in total. The van der Waals surface area contributed by atoms with Crippen LogP contribution in [0.15, 0.2) is 0 Å². The highest BCUT2D eigenvalue weighted by Crippen LogP contribution is 2.29. The molecule has 1 aliphatic carbocycles. The van der Waals surface area contributed by atoms with Gasteiger partial charge in [0.2, 0.25) is 0 Å². The van der Waals surface area contributed by atoms with Crippen molar-refractivity contribution in [1.29, 1.82) is 0 Å². The summed E-state index contributed by atoms with van der Waals surface area (Å²) in [5.41, 5.74) is 5.57. The second kappa shape index (κ2) is 4.43. The first-order chi connectivity index (χ1) is 6.38. The number of nitrogens with zero attached hydrogens (tertiary/aromatic N) is 1. The van der Waals surface area contributed by atoms with Gasteiger partial charge in [0, 0.05) is 13.1 Å². The topological polar surface area (TPSA) is 29.3 Å². The van der Waals surface area contributed by atoms with Gasteiger partial charge in [-0.15, -0.1) is 0 Å². The van der Waals surface area contributed by atoms with Gasteiger partial charge in [0.05, 0.1) is 0 Å². The zero-order valence-electron chi connectivity index (χ0n) is 8.54. The van der Waals surface area contributed by atoms with Crippen LogP contribution in [-0.2, 0) is 0 Å². The van der Waals surface area contributed by atoms with Crippen molar-refractivity contribution in [3.63, 3.8) is 0 Å². The van der Waals surface area contributed by atoms with Crippen LogP contribution >= 0.6 is 0 Å². The maximum atomic E-state index is 5.57. The average molecular weight is 182 g/mol. The number of likely N-dealkylation sites (tertiary alicyclic amines) is 1. The van der Waals surface area contributed by atoms with Crippen molar-refractivity contribution in [2.24, 2.45) is 17.6 Å². The Morgan fingerprint density at radius 2 is 2.00 bits per heavy atom. The van der Waals surface area contributed by atoms with Gasteiger partial charge < -0.3 is 10.6 Å². The van der Waals surface area contributed by atoms with E-state index in [0.717, 1.165) is 18.4 Å². The smallest absolute Gasteiger partial charge is 0.00107 e. The molecule has 1 saturated heterocycles. The Morgan fingerprint density at radius 3 is 2.62 bits per heavy atom. The van der Waals surface area contributed by atoms with Gasteiger partial charge in [0.25, 0.3) is 0 Å². The van der Waals surface area contributed by atoms with E-state index >= 15 is 0 Å². The summed E-state index contributed by atoms with van der Waals surface area (Å²) in [6.45, 7) is 4.91. The molecule has 1 aliphatic heterocycles. The summed E-state index contributed by atoms with van der Waals surface area (Å²) in [4.78, 5) is 2.66. The second-order valence-corrected chi connectivity index (χ2v) is 4.79. The van der Waals surface area contributed by atoms with Crippen LogP contribution in [0, 0.1) is 11.8 Å². The first-order valence-electron chi connectivity index (χ1n) is 5.81. The molecule has 0 amide bonds. The monoisotopic (exact) mass is 182 g/mol.